The maximum Gasteiger partial charge on any atom is 0.152 e. The Morgan fingerprint density at radius 1 is 1.33 bits per heavy atom. The second-order valence-electron chi connectivity index (χ2n) is 4.66. The van der Waals surface area contributed by atoms with Crippen molar-refractivity contribution in [3.63, 3.8) is 0 Å². The molecule has 0 aliphatic carbocycles. The molecule has 2 N–H and O–H groups in total. The molecule has 108 valence electrons. The number of hydrogen-bond acceptors (Lipinski definition) is 3. The number of anilines is 1. The van der Waals surface area contributed by atoms with Gasteiger partial charge in [-0.1, -0.05) is 0 Å². The highest BCUT2D eigenvalue weighted by atomic mass is 79.9. The SMILES string of the molecule is Cc1ccc(-c2[nH]ncc2CNc2ccc(F)cc2Br)o1. The highest BCUT2D eigenvalue weighted by molar-refractivity contribution is 9.10. The van der Waals surface area contributed by atoms with E-state index in [9.17, 15) is 4.39 Å². The Bertz CT molecular complexity index is 766. The van der Waals surface area contributed by atoms with E-state index in [1.807, 2.05) is 19.1 Å². The third-order valence-electron chi connectivity index (χ3n) is 3.11. The van der Waals surface area contributed by atoms with Crippen molar-refractivity contribution in [2.24, 2.45) is 0 Å². The van der Waals surface area contributed by atoms with E-state index in [2.05, 4.69) is 31.4 Å². The number of H-pyrrole nitrogens is 1. The minimum atomic E-state index is -0.275. The molecule has 21 heavy (non-hydrogen) atoms. The number of nitrogens with zero attached hydrogens (tertiary/aromatic N) is 1. The summed E-state index contributed by atoms with van der Waals surface area (Å²) in [5.41, 5.74) is 2.63. The summed E-state index contributed by atoms with van der Waals surface area (Å²) in [4.78, 5) is 0. The Balaban J connectivity index is 1.79. The van der Waals surface area contributed by atoms with E-state index in [0.29, 0.717) is 11.0 Å². The zero-order valence-electron chi connectivity index (χ0n) is 11.3. The van der Waals surface area contributed by atoms with Gasteiger partial charge in [0.15, 0.2) is 5.76 Å². The van der Waals surface area contributed by atoms with Crippen LogP contribution in [0.5, 0.6) is 0 Å². The van der Waals surface area contributed by atoms with Crippen molar-refractivity contribution in [3.05, 3.63) is 58.1 Å². The van der Waals surface area contributed by atoms with Crippen LogP contribution in [0.3, 0.4) is 0 Å². The van der Waals surface area contributed by atoms with Crippen LogP contribution in [0.1, 0.15) is 11.3 Å². The van der Waals surface area contributed by atoms with Gasteiger partial charge in [-0.3, -0.25) is 5.10 Å². The third kappa shape index (κ3) is 3.00. The summed E-state index contributed by atoms with van der Waals surface area (Å²) in [6.07, 6.45) is 1.75. The molecule has 4 nitrogen and oxygen atoms in total. The van der Waals surface area contributed by atoms with E-state index < -0.39 is 0 Å². The topological polar surface area (TPSA) is 53.9 Å². The summed E-state index contributed by atoms with van der Waals surface area (Å²) in [6.45, 7) is 2.45. The number of aromatic nitrogens is 2. The van der Waals surface area contributed by atoms with Crippen LogP contribution in [0.15, 0.2) is 45.4 Å². The number of rotatable bonds is 4. The first-order chi connectivity index (χ1) is 10.1. The van der Waals surface area contributed by atoms with Gasteiger partial charge in [0, 0.05) is 22.3 Å². The van der Waals surface area contributed by atoms with Crippen molar-refractivity contribution in [2.45, 2.75) is 13.5 Å². The average molecular weight is 350 g/mol. The van der Waals surface area contributed by atoms with Gasteiger partial charge >= 0.3 is 0 Å². The molecule has 0 aliphatic rings. The lowest BCUT2D eigenvalue weighted by Gasteiger charge is -2.08. The summed E-state index contributed by atoms with van der Waals surface area (Å²) >= 11 is 3.33. The molecular formula is C15H13BrFN3O. The smallest absolute Gasteiger partial charge is 0.152 e. The Morgan fingerprint density at radius 2 is 2.19 bits per heavy atom. The fourth-order valence-electron chi connectivity index (χ4n) is 2.05. The molecule has 2 heterocycles. The molecular weight excluding hydrogens is 337 g/mol. The lowest BCUT2D eigenvalue weighted by Crippen LogP contribution is -2.00. The molecule has 0 bridgehead atoms. The van der Waals surface area contributed by atoms with Crippen LogP contribution in [0.2, 0.25) is 0 Å². The largest absolute Gasteiger partial charge is 0.460 e. The van der Waals surface area contributed by atoms with Crippen LogP contribution in [-0.2, 0) is 6.54 Å². The van der Waals surface area contributed by atoms with Crippen LogP contribution in [-0.4, -0.2) is 10.2 Å². The molecule has 0 amide bonds. The minimum absolute atomic E-state index is 0.275. The zero-order chi connectivity index (χ0) is 14.8. The molecule has 3 aromatic rings. The van der Waals surface area contributed by atoms with E-state index in [4.69, 9.17) is 4.42 Å². The average Bonchev–Trinajstić information content (AvgIpc) is 3.06. The van der Waals surface area contributed by atoms with E-state index >= 15 is 0 Å². The van der Waals surface area contributed by atoms with Gasteiger partial charge in [0.1, 0.15) is 17.3 Å². The lowest BCUT2D eigenvalue weighted by atomic mass is 10.2. The van der Waals surface area contributed by atoms with Gasteiger partial charge < -0.3 is 9.73 Å². The fourth-order valence-corrected chi connectivity index (χ4v) is 2.54. The third-order valence-corrected chi connectivity index (χ3v) is 3.76. The molecule has 0 saturated carbocycles. The van der Waals surface area contributed by atoms with Gasteiger partial charge in [0.2, 0.25) is 0 Å². The fraction of sp³-hybridized carbons (Fsp3) is 0.133. The van der Waals surface area contributed by atoms with Gasteiger partial charge in [-0.25, -0.2) is 4.39 Å². The molecule has 0 unspecified atom stereocenters. The van der Waals surface area contributed by atoms with Crippen LogP contribution < -0.4 is 5.32 Å². The van der Waals surface area contributed by atoms with Crippen molar-refractivity contribution in [3.8, 4) is 11.5 Å². The standard InChI is InChI=1S/C15H13BrFN3O/c1-9-2-5-14(21-9)15-10(8-19-20-15)7-18-13-4-3-11(17)6-12(13)16/h2-6,8,18H,7H2,1H3,(H,19,20). The van der Waals surface area contributed by atoms with E-state index in [1.165, 1.54) is 12.1 Å². The number of hydrogen-bond donors (Lipinski definition) is 2. The predicted molar refractivity (Wildman–Crippen MR) is 82.5 cm³/mol. The highest BCUT2D eigenvalue weighted by Crippen LogP contribution is 2.26. The first kappa shape index (κ1) is 13.9. The number of halogens is 2. The minimum Gasteiger partial charge on any atom is -0.460 e. The second kappa shape index (κ2) is 5.73. The summed E-state index contributed by atoms with van der Waals surface area (Å²) < 4.78 is 19.3. The quantitative estimate of drug-likeness (QED) is 0.729. The van der Waals surface area contributed by atoms with E-state index in [-0.39, 0.29) is 5.82 Å². The Kier molecular flexibility index (Phi) is 3.79. The van der Waals surface area contributed by atoms with Crippen molar-refractivity contribution >= 4 is 21.6 Å². The zero-order valence-corrected chi connectivity index (χ0v) is 12.9. The Morgan fingerprint density at radius 3 is 2.90 bits per heavy atom. The molecule has 0 aliphatic heterocycles. The number of aromatic amines is 1. The molecule has 0 radical (unpaired) electrons. The number of benzene rings is 1. The van der Waals surface area contributed by atoms with Gasteiger partial charge in [0.05, 0.1) is 6.20 Å². The first-order valence-electron chi connectivity index (χ1n) is 6.41. The monoisotopic (exact) mass is 349 g/mol. The van der Waals surface area contributed by atoms with Crippen molar-refractivity contribution in [1.29, 1.82) is 0 Å². The second-order valence-corrected chi connectivity index (χ2v) is 5.51. The van der Waals surface area contributed by atoms with Crippen molar-refractivity contribution in [1.82, 2.24) is 10.2 Å². The van der Waals surface area contributed by atoms with Crippen molar-refractivity contribution < 1.29 is 8.81 Å². The molecule has 3 rings (SSSR count). The molecule has 0 spiro atoms. The van der Waals surface area contributed by atoms with Gasteiger partial charge in [-0.15, -0.1) is 0 Å². The highest BCUT2D eigenvalue weighted by Gasteiger charge is 2.11. The van der Waals surface area contributed by atoms with E-state index in [1.54, 1.807) is 12.3 Å². The van der Waals surface area contributed by atoms with Crippen molar-refractivity contribution in [2.75, 3.05) is 5.32 Å². The van der Waals surface area contributed by atoms with Crippen LogP contribution in [0, 0.1) is 12.7 Å². The molecule has 0 saturated heterocycles. The van der Waals surface area contributed by atoms with E-state index in [0.717, 1.165) is 28.5 Å². The number of furan rings is 1. The summed E-state index contributed by atoms with van der Waals surface area (Å²) in [7, 11) is 0. The summed E-state index contributed by atoms with van der Waals surface area (Å²) in [5.74, 6) is 1.32. The van der Waals surface area contributed by atoms with Gasteiger partial charge in [-0.2, -0.15) is 5.10 Å². The molecule has 0 atom stereocenters. The predicted octanol–water partition coefficient (Wildman–Crippen LogP) is 4.49. The van der Waals surface area contributed by atoms with Crippen LogP contribution in [0.25, 0.3) is 11.5 Å². The molecule has 6 heteroatoms. The Labute approximate surface area is 129 Å². The number of aryl methyl sites for hydroxylation is 1. The first-order valence-corrected chi connectivity index (χ1v) is 7.21. The Hall–Kier alpha value is -2.08. The molecule has 0 fully saturated rings. The molecule has 2 aromatic heterocycles. The molecule has 1 aromatic carbocycles. The normalized spacial score (nSPS) is 10.8. The maximum absolute atomic E-state index is 13.1. The van der Waals surface area contributed by atoms with Crippen LogP contribution in [0.4, 0.5) is 10.1 Å². The van der Waals surface area contributed by atoms with Crippen LogP contribution >= 0.6 is 15.9 Å². The lowest BCUT2D eigenvalue weighted by molar-refractivity contribution is 0.545. The number of nitrogens with one attached hydrogen (secondary N) is 2. The van der Waals surface area contributed by atoms with Gasteiger partial charge in [-0.05, 0) is 53.2 Å². The summed E-state index contributed by atoms with van der Waals surface area (Å²) in [6, 6.07) is 8.34. The summed E-state index contributed by atoms with van der Waals surface area (Å²) in [5, 5.41) is 10.2. The maximum atomic E-state index is 13.1. The van der Waals surface area contributed by atoms with Gasteiger partial charge in [0.25, 0.3) is 0 Å².